The van der Waals surface area contributed by atoms with Gasteiger partial charge < -0.3 is 25.6 Å². The zero-order valence-electron chi connectivity index (χ0n) is 9.83. The molecular weight excluding hydrogens is 254 g/mol. The molecule has 0 aliphatic heterocycles. The summed E-state index contributed by atoms with van der Waals surface area (Å²) in [6.07, 6.45) is -0.430. The molecule has 0 heterocycles. The molecular formula is C8H21NO7S. The van der Waals surface area contributed by atoms with Crippen molar-refractivity contribution < 1.29 is 38.2 Å². The molecule has 0 aliphatic rings. The molecule has 0 atom stereocenters. The molecule has 0 bridgehead atoms. The molecule has 17 heavy (non-hydrogen) atoms. The lowest BCUT2D eigenvalue weighted by atomic mass is 9.93. The zero-order chi connectivity index (χ0) is 13.9. The minimum atomic E-state index is -4.93. The number of hydrogen-bond donors (Lipinski definition) is 4. The molecule has 8 nitrogen and oxygen atoms in total. The lowest BCUT2D eigenvalue weighted by Crippen LogP contribution is -2.40. The van der Waals surface area contributed by atoms with Crippen LogP contribution in [0, 0.1) is 0 Å². The van der Waals surface area contributed by atoms with Crippen molar-refractivity contribution in [3.63, 3.8) is 0 Å². The summed E-state index contributed by atoms with van der Waals surface area (Å²) in [5.41, 5.74) is 1.73. The molecule has 0 aromatic heterocycles. The van der Waals surface area contributed by atoms with Crippen LogP contribution in [0.25, 0.3) is 0 Å². The molecule has 0 amide bonds. The fourth-order valence-electron chi connectivity index (χ4n) is 1.33. The van der Waals surface area contributed by atoms with Crippen molar-refractivity contribution in [3.05, 3.63) is 0 Å². The predicted molar refractivity (Wildman–Crippen MR) is 57.4 cm³/mol. The van der Waals surface area contributed by atoms with E-state index in [1.54, 1.807) is 7.05 Å². The van der Waals surface area contributed by atoms with Crippen molar-refractivity contribution in [3.8, 4) is 0 Å². The van der Waals surface area contributed by atoms with Crippen molar-refractivity contribution in [2.75, 3.05) is 26.9 Å². The number of aliphatic hydroxyl groups excluding tert-OH is 3. The van der Waals surface area contributed by atoms with E-state index in [1.807, 2.05) is 0 Å². The van der Waals surface area contributed by atoms with E-state index in [-0.39, 0.29) is 19.3 Å². The van der Waals surface area contributed by atoms with Crippen LogP contribution < -0.4 is 5.73 Å². The van der Waals surface area contributed by atoms with Crippen LogP contribution in [0.5, 0.6) is 0 Å². The number of hydrogen-bond acceptors (Lipinski definition) is 7. The summed E-state index contributed by atoms with van der Waals surface area (Å²) in [5.74, 6) is 0. The Morgan fingerprint density at radius 3 is 1.53 bits per heavy atom. The van der Waals surface area contributed by atoms with Crippen molar-refractivity contribution in [1.29, 1.82) is 0 Å². The third kappa shape index (κ3) is 9.41. The van der Waals surface area contributed by atoms with Crippen LogP contribution in [0.1, 0.15) is 19.3 Å². The second kappa shape index (κ2) is 9.71. The quantitative estimate of drug-likeness (QED) is 0.275. The summed E-state index contributed by atoms with van der Waals surface area (Å²) in [7, 11) is -3.18. The van der Waals surface area contributed by atoms with Gasteiger partial charge in [-0.1, -0.05) is 0 Å². The van der Waals surface area contributed by atoms with Gasteiger partial charge in [0.15, 0.2) is 0 Å². The van der Waals surface area contributed by atoms with E-state index < -0.39 is 35.8 Å². The van der Waals surface area contributed by atoms with Crippen molar-refractivity contribution in [1.82, 2.24) is 0 Å². The van der Waals surface area contributed by atoms with Gasteiger partial charge in [-0.15, -0.1) is 0 Å². The fraction of sp³-hybridized carbons (Fsp3) is 1.00. The molecule has 0 aliphatic carbocycles. The molecule has 0 unspecified atom stereocenters. The number of rotatable bonds is 8. The number of quaternary nitrogens is 1. The SMILES string of the molecule is C[NH3+].O=S(=O)([O-])OC(CCO)(CCO)CCO. The van der Waals surface area contributed by atoms with Gasteiger partial charge in [-0.05, 0) is 0 Å². The highest BCUT2D eigenvalue weighted by atomic mass is 32.3. The van der Waals surface area contributed by atoms with Gasteiger partial charge in [0, 0.05) is 39.1 Å². The third-order valence-corrected chi connectivity index (χ3v) is 2.54. The molecule has 0 radical (unpaired) electrons. The normalized spacial score (nSPS) is 11.9. The van der Waals surface area contributed by atoms with Crippen molar-refractivity contribution >= 4 is 10.4 Å². The van der Waals surface area contributed by atoms with E-state index in [1.165, 1.54) is 0 Å². The van der Waals surface area contributed by atoms with Crippen molar-refractivity contribution in [2.24, 2.45) is 0 Å². The maximum absolute atomic E-state index is 10.4. The summed E-state index contributed by atoms with van der Waals surface area (Å²) >= 11 is 0. The van der Waals surface area contributed by atoms with Gasteiger partial charge in [0.05, 0.1) is 12.6 Å². The highest BCUT2D eigenvalue weighted by molar-refractivity contribution is 7.80. The Balaban J connectivity index is 0. The van der Waals surface area contributed by atoms with Gasteiger partial charge >= 0.3 is 0 Å². The maximum atomic E-state index is 10.4. The summed E-state index contributed by atoms with van der Waals surface area (Å²) in [6.45, 7) is -1.22. The average Bonchev–Trinajstić information content (AvgIpc) is 2.19. The second-order valence-corrected chi connectivity index (χ2v) is 4.08. The Labute approximate surface area is 101 Å². The molecule has 106 valence electrons. The summed E-state index contributed by atoms with van der Waals surface area (Å²) in [4.78, 5) is 0. The van der Waals surface area contributed by atoms with Crippen LogP contribution in [-0.4, -0.2) is 60.8 Å². The highest BCUT2D eigenvalue weighted by Gasteiger charge is 2.32. The molecule has 0 rings (SSSR count). The highest BCUT2D eigenvalue weighted by Crippen LogP contribution is 2.26. The van der Waals surface area contributed by atoms with Gasteiger partial charge in [-0.3, -0.25) is 4.18 Å². The molecule has 0 fully saturated rings. The van der Waals surface area contributed by atoms with Gasteiger partial charge in [0.2, 0.25) is 10.4 Å². The Kier molecular flexibility index (Phi) is 10.9. The third-order valence-electron chi connectivity index (χ3n) is 1.98. The first kappa shape index (κ1) is 19.1. The van der Waals surface area contributed by atoms with Crippen molar-refractivity contribution in [2.45, 2.75) is 24.9 Å². The van der Waals surface area contributed by atoms with E-state index in [0.29, 0.717) is 0 Å². The molecule has 0 aromatic rings. The van der Waals surface area contributed by atoms with Crippen LogP contribution in [0.2, 0.25) is 0 Å². The standard InChI is InChI=1S/C7H16O7S.CH5N/c8-4-1-7(2-5-9,3-6-10)14-15(11,12)13;1-2/h8-10H,1-6H2,(H,11,12,13);2H2,1H3. The average molecular weight is 275 g/mol. The van der Waals surface area contributed by atoms with Gasteiger partial charge in [0.1, 0.15) is 0 Å². The van der Waals surface area contributed by atoms with Crippen LogP contribution in [0.15, 0.2) is 0 Å². The maximum Gasteiger partial charge on any atom is 0.218 e. The largest absolute Gasteiger partial charge is 0.726 e. The van der Waals surface area contributed by atoms with Gasteiger partial charge in [-0.25, -0.2) is 8.42 Å². The molecule has 0 spiro atoms. The zero-order valence-corrected chi connectivity index (χ0v) is 10.6. The van der Waals surface area contributed by atoms with Crippen LogP contribution in [-0.2, 0) is 14.6 Å². The monoisotopic (exact) mass is 275 g/mol. The molecule has 6 N–H and O–H groups in total. The lowest BCUT2D eigenvalue weighted by molar-refractivity contribution is -0.325. The second-order valence-electron chi connectivity index (χ2n) is 3.10. The molecule has 0 saturated carbocycles. The van der Waals surface area contributed by atoms with Crippen LogP contribution in [0.4, 0.5) is 0 Å². The molecule has 0 aromatic carbocycles. The van der Waals surface area contributed by atoms with Gasteiger partial charge in [-0.2, -0.15) is 0 Å². The Bertz CT molecular complexity index is 250. The minimum absolute atomic E-state index is 0.143. The van der Waals surface area contributed by atoms with E-state index in [2.05, 4.69) is 9.92 Å². The van der Waals surface area contributed by atoms with Gasteiger partial charge in [0.25, 0.3) is 0 Å². The Morgan fingerprint density at radius 1 is 1.06 bits per heavy atom. The smallest absolute Gasteiger partial charge is 0.218 e. The van der Waals surface area contributed by atoms with E-state index >= 15 is 0 Å². The minimum Gasteiger partial charge on any atom is -0.726 e. The van der Waals surface area contributed by atoms with E-state index in [4.69, 9.17) is 15.3 Å². The van der Waals surface area contributed by atoms with Crippen LogP contribution >= 0.6 is 0 Å². The first-order valence-corrected chi connectivity index (χ1v) is 6.42. The Morgan fingerprint density at radius 2 is 1.35 bits per heavy atom. The Hall–Kier alpha value is -0.290. The topological polar surface area (TPSA) is 155 Å². The molecule has 0 saturated heterocycles. The van der Waals surface area contributed by atoms with Crippen LogP contribution in [0.3, 0.4) is 0 Å². The number of aliphatic hydroxyl groups is 3. The fourth-order valence-corrected chi connectivity index (χ4v) is 2.01. The van der Waals surface area contributed by atoms with E-state index in [9.17, 15) is 13.0 Å². The summed E-state index contributed by atoms with van der Waals surface area (Å²) in [5, 5.41) is 26.1. The van der Waals surface area contributed by atoms with E-state index in [0.717, 1.165) is 0 Å². The molecule has 9 heteroatoms. The summed E-state index contributed by atoms with van der Waals surface area (Å²) < 4.78 is 35.6. The summed E-state index contributed by atoms with van der Waals surface area (Å²) in [6, 6.07) is 0. The predicted octanol–water partition coefficient (Wildman–Crippen LogP) is -2.79. The first-order valence-electron chi connectivity index (χ1n) is 5.09. The first-order chi connectivity index (χ1) is 7.89. The lowest BCUT2D eigenvalue weighted by Gasteiger charge is -2.32.